The van der Waals surface area contributed by atoms with Crippen molar-refractivity contribution in [2.45, 2.75) is 34.2 Å². The average Bonchev–Trinajstić information content (AvgIpc) is 2.70. The third kappa shape index (κ3) is 2.37. The number of hydrogen-bond donors (Lipinski definition) is 1. The van der Waals surface area contributed by atoms with E-state index in [2.05, 4.69) is 42.5 Å². The molecule has 4 nitrogen and oxygen atoms in total. The summed E-state index contributed by atoms with van der Waals surface area (Å²) in [6.07, 6.45) is 1.79. The van der Waals surface area contributed by atoms with Gasteiger partial charge in [-0.05, 0) is 43.0 Å². The summed E-state index contributed by atoms with van der Waals surface area (Å²) in [5, 5.41) is 8.26. The Balaban J connectivity index is 2.52. The molecule has 0 fully saturated rings. The van der Waals surface area contributed by atoms with E-state index in [9.17, 15) is 0 Å². The van der Waals surface area contributed by atoms with Crippen LogP contribution < -0.4 is 5.73 Å². The number of nitrogen functional groups attached to an aromatic ring is 1. The Kier molecular flexibility index (Phi) is 3.36. The molecule has 0 unspecified atom stereocenters. The number of nitrogens with zero attached hydrogens (tertiary/aromatic N) is 3. The number of hydrogen-bond acceptors (Lipinski definition) is 3. The van der Waals surface area contributed by atoms with Crippen molar-refractivity contribution in [3.63, 3.8) is 0 Å². The summed E-state index contributed by atoms with van der Waals surface area (Å²) in [7, 11) is 0. The predicted octanol–water partition coefficient (Wildman–Crippen LogP) is 2.80. The van der Waals surface area contributed by atoms with Gasteiger partial charge in [-0.25, -0.2) is 0 Å². The minimum absolute atomic E-state index is 0.558. The van der Waals surface area contributed by atoms with Crippen molar-refractivity contribution < 1.29 is 0 Å². The molecule has 0 radical (unpaired) electrons. The summed E-state index contributed by atoms with van der Waals surface area (Å²) in [5.41, 5.74) is 10.2. The van der Waals surface area contributed by atoms with Crippen LogP contribution in [0, 0.1) is 19.8 Å². The van der Waals surface area contributed by atoms with Gasteiger partial charge < -0.3 is 10.3 Å². The maximum Gasteiger partial charge on any atom is 0.164 e. The Labute approximate surface area is 108 Å². The molecule has 1 heterocycles. The van der Waals surface area contributed by atoms with Gasteiger partial charge in [0.05, 0.1) is 0 Å². The molecule has 2 aromatic rings. The summed E-state index contributed by atoms with van der Waals surface area (Å²) >= 11 is 0. The summed E-state index contributed by atoms with van der Waals surface area (Å²) in [6, 6.07) is 3.96. The number of rotatable bonds is 3. The van der Waals surface area contributed by atoms with Crippen LogP contribution in [0.1, 0.15) is 25.0 Å². The SMILES string of the molecule is Cc1cc(N)cc(-c2nncn2CC(C)C)c1C. The van der Waals surface area contributed by atoms with Gasteiger partial charge in [-0.15, -0.1) is 10.2 Å². The molecule has 96 valence electrons. The molecule has 2 N–H and O–H groups in total. The zero-order valence-electron chi connectivity index (χ0n) is 11.4. The molecular weight excluding hydrogens is 224 g/mol. The lowest BCUT2D eigenvalue weighted by Crippen LogP contribution is -2.06. The summed E-state index contributed by atoms with van der Waals surface area (Å²) in [5.74, 6) is 1.46. The Hall–Kier alpha value is -1.84. The molecule has 0 saturated carbocycles. The molecule has 4 heteroatoms. The fourth-order valence-corrected chi connectivity index (χ4v) is 2.11. The van der Waals surface area contributed by atoms with Crippen LogP contribution >= 0.6 is 0 Å². The van der Waals surface area contributed by atoms with Gasteiger partial charge in [0.1, 0.15) is 6.33 Å². The Morgan fingerprint density at radius 2 is 2.00 bits per heavy atom. The predicted molar refractivity (Wildman–Crippen MR) is 74.2 cm³/mol. The second kappa shape index (κ2) is 4.80. The summed E-state index contributed by atoms with van der Waals surface area (Å²) in [4.78, 5) is 0. The minimum atomic E-state index is 0.558. The van der Waals surface area contributed by atoms with Crippen LogP contribution in [-0.4, -0.2) is 14.8 Å². The highest BCUT2D eigenvalue weighted by atomic mass is 15.3. The largest absolute Gasteiger partial charge is 0.399 e. The van der Waals surface area contributed by atoms with Gasteiger partial charge in [-0.1, -0.05) is 13.8 Å². The number of benzene rings is 1. The summed E-state index contributed by atoms with van der Waals surface area (Å²) < 4.78 is 2.09. The van der Waals surface area contributed by atoms with Crippen molar-refractivity contribution >= 4 is 5.69 Å². The molecule has 0 amide bonds. The topological polar surface area (TPSA) is 56.7 Å². The van der Waals surface area contributed by atoms with E-state index in [4.69, 9.17) is 5.73 Å². The Morgan fingerprint density at radius 1 is 1.28 bits per heavy atom. The second-order valence-electron chi connectivity index (χ2n) is 5.21. The highest BCUT2D eigenvalue weighted by Gasteiger charge is 2.12. The first kappa shape index (κ1) is 12.6. The highest BCUT2D eigenvalue weighted by molar-refractivity contribution is 5.67. The first-order chi connectivity index (χ1) is 8.49. The molecule has 0 aliphatic heterocycles. The lowest BCUT2D eigenvalue weighted by Gasteiger charge is -2.13. The van der Waals surface area contributed by atoms with Crippen molar-refractivity contribution in [3.8, 4) is 11.4 Å². The standard InChI is InChI=1S/C14H20N4/c1-9(2)7-18-8-16-17-14(18)13-6-12(15)5-10(3)11(13)4/h5-6,8-9H,7,15H2,1-4H3. The maximum absolute atomic E-state index is 5.93. The van der Waals surface area contributed by atoms with E-state index < -0.39 is 0 Å². The van der Waals surface area contributed by atoms with Crippen LogP contribution in [0.25, 0.3) is 11.4 Å². The van der Waals surface area contributed by atoms with Crippen LogP contribution in [0.3, 0.4) is 0 Å². The molecule has 0 aliphatic rings. The van der Waals surface area contributed by atoms with Crippen molar-refractivity contribution in [1.29, 1.82) is 0 Å². The van der Waals surface area contributed by atoms with Crippen molar-refractivity contribution in [2.75, 3.05) is 5.73 Å². The lowest BCUT2D eigenvalue weighted by molar-refractivity contribution is 0.525. The van der Waals surface area contributed by atoms with Crippen molar-refractivity contribution in [1.82, 2.24) is 14.8 Å². The second-order valence-corrected chi connectivity index (χ2v) is 5.21. The first-order valence-corrected chi connectivity index (χ1v) is 6.24. The molecule has 1 aromatic heterocycles. The molecule has 0 saturated heterocycles. The molecule has 0 aliphatic carbocycles. The van der Waals surface area contributed by atoms with E-state index in [1.54, 1.807) is 6.33 Å². The van der Waals surface area contributed by atoms with Crippen LogP contribution in [0.5, 0.6) is 0 Å². The molecule has 1 aromatic carbocycles. The van der Waals surface area contributed by atoms with E-state index in [1.165, 1.54) is 11.1 Å². The summed E-state index contributed by atoms with van der Waals surface area (Å²) in [6.45, 7) is 9.44. The van der Waals surface area contributed by atoms with Gasteiger partial charge in [-0.3, -0.25) is 0 Å². The minimum Gasteiger partial charge on any atom is -0.399 e. The normalized spacial score (nSPS) is 11.2. The zero-order valence-corrected chi connectivity index (χ0v) is 11.4. The molecule has 0 spiro atoms. The van der Waals surface area contributed by atoms with Crippen molar-refractivity contribution in [3.05, 3.63) is 29.6 Å². The third-order valence-corrected chi connectivity index (χ3v) is 3.11. The number of aromatic nitrogens is 3. The van der Waals surface area contributed by atoms with E-state index >= 15 is 0 Å². The zero-order chi connectivity index (χ0) is 13.3. The van der Waals surface area contributed by atoms with Crippen LogP contribution in [0.4, 0.5) is 5.69 Å². The maximum atomic E-state index is 5.93. The van der Waals surface area contributed by atoms with Crippen LogP contribution in [-0.2, 0) is 6.54 Å². The lowest BCUT2D eigenvalue weighted by atomic mass is 10.0. The fraction of sp³-hybridized carbons (Fsp3) is 0.429. The Bertz CT molecular complexity index is 555. The molecule has 2 rings (SSSR count). The van der Waals surface area contributed by atoms with E-state index in [0.717, 1.165) is 23.6 Å². The molecule has 0 atom stereocenters. The molecule has 0 bridgehead atoms. The van der Waals surface area contributed by atoms with Gasteiger partial charge in [0.25, 0.3) is 0 Å². The van der Waals surface area contributed by atoms with Crippen LogP contribution in [0.2, 0.25) is 0 Å². The Morgan fingerprint density at radius 3 is 2.67 bits per heavy atom. The number of nitrogens with two attached hydrogens (primary N) is 1. The first-order valence-electron chi connectivity index (χ1n) is 6.24. The van der Waals surface area contributed by atoms with Crippen LogP contribution in [0.15, 0.2) is 18.5 Å². The molecular formula is C14H20N4. The van der Waals surface area contributed by atoms with Gasteiger partial charge in [0.15, 0.2) is 5.82 Å². The average molecular weight is 244 g/mol. The van der Waals surface area contributed by atoms with Gasteiger partial charge in [-0.2, -0.15) is 0 Å². The van der Waals surface area contributed by atoms with E-state index in [-0.39, 0.29) is 0 Å². The quantitative estimate of drug-likeness (QED) is 0.845. The van der Waals surface area contributed by atoms with E-state index in [0.29, 0.717) is 5.92 Å². The van der Waals surface area contributed by atoms with Gasteiger partial charge in [0.2, 0.25) is 0 Å². The smallest absolute Gasteiger partial charge is 0.164 e. The van der Waals surface area contributed by atoms with Gasteiger partial charge in [0, 0.05) is 17.8 Å². The third-order valence-electron chi connectivity index (χ3n) is 3.11. The number of anilines is 1. The van der Waals surface area contributed by atoms with Crippen molar-refractivity contribution in [2.24, 2.45) is 5.92 Å². The van der Waals surface area contributed by atoms with E-state index in [1.807, 2.05) is 12.1 Å². The van der Waals surface area contributed by atoms with Gasteiger partial charge >= 0.3 is 0 Å². The highest BCUT2D eigenvalue weighted by Crippen LogP contribution is 2.27. The molecule has 18 heavy (non-hydrogen) atoms. The number of aryl methyl sites for hydroxylation is 1. The monoisotopic (exact) mass is 244 g/mol. The fourth-order valence-electron chi connectivity index (χ4n) is 2.11.